The number of thioether (sulfide) groups is 1. The Bertz CT molecular complexity index is 1350. The molecule has 0 bridgehead atoms. The summed E-state index contributed by atoms with van der Waals surface area (Å²) in [7, 11) is 0. The minimum absolute atomic E-state index is 0.0153. The van der Waals surface area contributed by atoms with Gasteiger partial charge in [-0.1, -0.05) is 12.1 Å². The standard InChI is InChI=1S/C25H20F4N4O3S/c26-13-5-6-17(29)16(11-13)22-21(24(35)31-18-3-1-2-4-19(18)37-22)33-25(36)23(30)32-20(34)9-12-7-14(27)10-15(28)8-12/h1-8,10-11,21-23H,9,30H2,(H,31,35)(H,32,34)(H,33,36)/t21-,22+,23+/m0/s1. The Morgan fingerprint density at radius 2 is 1.68 bits per heavy atom. The van der Waals surface area contributed by atoms with Crippen LogP contribution in [-0.4, -0.2) is 29.9 Å². The second-order valence-electron chi connectivity index (χ2n) is 8.18. The Balaban J connectivity index is 1.54. The van der Waals surface area contributed by atoms with Gasteiger partial charge in [0, 0.05) is 16.5 Å². The second kappa shape index (κ2) is 11.0. The molecule has 0 spiro atoms. The van der Waals surface area contributed by atoms with E-state index in [0.29, 0.717) is 16.6 Å². The Labute approximate surface area is 212 Å². The second-order valence-corrected chi connectivity index (χ2v) is 9.36. The van der Waals surface area contributed by atoms with Crippen molar-refractivity contribution in [3.8, 4) is 0 Å². The maximum Gasteiger partial charge on any atom is 0.258 e. The van der Waals surface area contributed by atoms with Crippen molar-refractivity contribution in [2.45, 2.75) is 28.8 Å². The number of amides is 3. The lowest BCUT2D eigenvalue weighted by atomic mass is 10.0. The Kier molecular flexibility index (Phi) is 7.79. The number of anilines is 1. The number of carbonyl (C=O) groups excluding carboxylic acids is 3. The molecule has 0 aromatic heterocycles. The lowest BCUT2D eigenvalue weighted by molar-refractivity contribution is -0.130. The molecule has 3 aromatic carbocycles. The number of hydrogen-bond acceptors (Lipinski definition) is 5. The van der Waals surface area contributed by atoms with Gasteiger partial charge in [-0.15, -0.1) is 11.8 Å². The molecule has 192 valence electrons. The number of para-hydroxylation sites is 1. The first-order chi connectivity index (χ1) is 17.6. The quantitative estimate of drug-likeness (QED) is 0.288. The molecule has 0 aliphatic carbocycles. The molecule has 0 saturated heterocycles. The summed E-state index contributed by atoms with van der Waals surface area (Å²) in [5.41, 5.74) is 6.06. The zero-order valence-electron chi connectivity index (χ0n) is 18.9. The number of halogens is 4. The van der Waals surface area contributed by atoms with Gasteiger partial charge in [-0.25, -0.2) is 17.6 Å². The van der Waals surface area contributed by atoms with Gasteiger partial charge in [0.25, 0.3) is 5.91 Å². The first-order valence-corrected chi connectivity index (χ1v) is 11.8. The molecule has 0 saturated carbocycles. The van der Waals surface area contributed by atoms with Crippen LogP contribution in [0.4, 0.5) is 23.2 Å². The third kappa shape index (κ3) is 6.27. The highest BCUT2D eigenvalue weighted by Crippen LogP contribution is 2.44. The zero-order valence-corrected chi connectivity index (χ0v) is 19.8. The topological polar surface area (TPSA) is 113 Å². The van der Waals surface area contributed by atoms with Gasteiger partial charge < -0.3 is 21.7 Å². The van der Waals surface area contributed by atoms with E-state index in [2.05, 4.69) is 16.0 Å². The molecule has 3 amide bonds. The lowest BCUT2D eigenvalue weighted by Crippen LogP contribution is -2.57. The van der Waals surface area contributed by atoms with Crippen molar-refractivity contribution in [3.05, 3.63) is 95.1 Å². The van der Waals surface area contributed by atoms with Gasteiger partial charge in [0.2, 0.25) is 11.8 Å². The molecule has 7 nitrogen and oxygen atoms in total. The number of rotatable bonds is 6. The van der Waals surface area contributed by atoms with Gasteiger partial charge in [-0.05, 0) is 48.0 Å². The normalized spacial score (nSPS) is 17.7. The van der Waals surface area contributed by atoms with Crippen molar-refractivity contribution in [2.24, 2.45) is 5.73 Å². The molecule has 0 fully saturated rings. The van der Waals surface area contributed by atoms with Crippen molar-refractivity contribution in [1.82, 2.24) is 10.6 Å². The molecule has 37 heavy (non-hydrogen) atoms. The fourth-order valence-electron chi connectivity index (χ4n) is 3.77. The van der Waals surface area contributed by atoms with Crippen molar-refractivity contribution in [3.63, 3.8) is 0 Å². The number of nitrogens with one attached hydrogen (secondary N) is 3. The first kappa shape index (κ1) is 26.2. The van der Waals surface area contributed by atoms with E-state index in [1.54, 1.807) is 24.3 Å². The van der Waals surface area contributed by atoms with Gasteiger partial charge >= 0.3 is 0 Å². The van der Waals surface area contributed by atoms with Crippen LogP contribution in [-0.2, 0) is 20.8 Å². The maximum atomic E-state index is 14.7. The van der Waals surface area contributed by atoms with Gasteiger partial charge in [0.05, 0.1) is 17.4 Å². The Morgan fingerprint density at radius 3 is 2.41 bits per heavy atom. The summed E-state index contributed by atoms with van der Waals surface area (Å²) in [6.07, 6.45) is -2.13. The fourth-order valence-corrected chi connectivity index (χ4v) is 5.09. The molecule has 0 radical (unpaired) electrons. The third-order valence-electron chi connectivity index (χ3n) is 5.43. The van der Waals surface area contributed by atoms with Crippen LogP contribution in [0.3, 0.4) is 0 Å². The van der Waals surface area contributed by atoms with E-state index < -0.39 is 64.9 Å². The number of benzene rings is 3. The summed E-state index contributed by atoms with van der Waals surface area (Å²) in [5.74, 6) is -5.80. The summed E-state index contributed by atoms with van der Waals surface area (Å²) in [4.78, 5) is 38.8. The van der Waals surface area contributed by atoms with Crippen LogP contribution >= 0.6 is 11.8 Å². The van der Waals surface area contributed by atoms with Crippen LogP contribution in [0.5, 0.6) is 0 Å². The zero-order chi connectivity index (χ0) is 26.7. The van der Waals surface area contributed by atoms with Crippen molar-refractivity contribution in [1.29, 1.82) is 0 Å². The van der Waals surface area contributed by atoms with Crippen LogP contribution in [0.25, 0.3) is 0 Å². The number of fused-ring (bicyclic) bond motifs is 1. The summed E-state index contributed by atoms with van der Waals surface area (Å²) in [6, 6.07) is 10.6. The van der Waals surface area contributed by atoms with E-state index in [0.717, 1.165) is 42.1 Å². The summed E-state index contributed by atoms with van der Waals surface area (Å²) < 4.78 is 55.5. The van der Waals surface area contributed by atoms with E-state index in [9.17, 15) is 31.9 Å². The van der Waals surface area contributed by atoms with Crippen LogP contribution < -0.4 is 21.7 Å². The smallest absolute Gasteiger partial charge is 0.258 e. The molecule has 1 aliphatic heterocycles. The molecule has 5 N–H and O–H groups in total. The Hall–Kier alpha value is -3.90. The van der Waals surface area contributed by atoms with E-state index in [1.165, 1.54) is 0 Å². The van der Waals surface area contributed by atoms with Crippen LogP contribution in [0.1, 0.15) is 16.4 Å². The van der Waals surface area contributed by atoms with Gasteiger partial charge in [0.15, 0.2) is 6.17 Å². The molecule has 1 aliphatic rings. The SMILES string of the molecule is N[C@H](NC(=O)Cc1cc(F)cc(F)c1)C(=O)N[C@@H]1C(=O)Nc2ccccc2S[C@@H]1c1cc(F)ccc1F. The molecule has 1 heterocycles. The van der Waals surface area contributed by atoms with Crippen LogP contribution in [0, 0.1) is 23.3 Å². The van der Waals surface area contributed by atoms with Gasteiger partial charge in [0.1, 0.15) is 29.3 Å². The minimum Gasteiger partial charge on any atom is -0.340 e. The lowest BCUT2D eigenvalue weighted by Gasteiger charge is -2.26. The highest BCUT2D eigenvalue weighted by Gasteiger charge is 2.38. The monoisotopic (exact) mass is 532 g/mol. The number of carbonyl (C=O) groups is 3. The van der Waals surface area contributed by atoms with E-state index in [-0.39, 0.29) is 11.1 Å². The summed E-state index contributed by atoms with van der Waals surface area (Å²) in [5, 5.41) is 6.14. The van der Waals surface area contributed by atoms with E-state index >= 15 is 0 Å². The molecular weight excluding hydrogens is 512 g/mol. The predicted octanol–water partition coefficient (Wildman–Crippen LogP) is 3.16. The third-order valence-corrected chi connectivity index (χ3v) is 6.82. The first-order valence-electron chi connectivity index (χ1n) is 10.9. The minimum atomic E-state index is -1.66. The average molecular weight is 533 g/mol. The fraction of sp³-hybridized carbons (Fsp3) is 0.160. The summed E-state index contributed by atoms with van der Waals surface area (Å²) >= 11 is 1.03. The molecule has 3 aromatic rings. The van der Waals surface area contributed by atoms with E-state index in [4.69, 9.17) is 5.73 Å². The average Bonchev–Trinajstić information content (AvgIpc) is 2.96. The summed E-state index contributed by atoms with van der Waals surface area (Å²) in [6.45, 7) is 0. The highest BCUT2D eigenvalue weighted by molar-refractivity contribution is 7.99. The van der Waals surface area contributed by atoms with Crippen LogP contribution in [0.15, 0.2) is 65.6 Å². The largest absolute Gasteiger partial charge is 0.340 e. The van der Waals surface area contributed by atoms with Crippen molar-refractivity contribution >= 4 is 35.2 Å². The molecular formula is C25H20F4N4O3S. The van der Waals surface area contributed by atoms with Gasteiger partial charge in [-0.2, -0.15) is 0 Å². The Morgan fingerprint density at radius 1 is 0.973 bits per heavy atom. The predicted molar refractivity (Wildman–Crippen MR) is 128 cm³/mol. The van der Waals surface area contributed by atoms with Crippen molar-refractivity contribution < 1.29 is 31.9 Å². The molecule has 3 atom stereocenters. The van der Waals surface area contributed by atoms with Crippen LogP contribution in [0.2, 0.25) is 0 Å². The van der Waals surface area contributed by atoms with Crippen molar-refractivity contribution in [2.75, 3.05) is 5.32 Å². The van der Waals surface area contributed by atoms with Gasteiger partial charge in [-0.3, -0.25) is 14.4 Å². The number of hydrogen-bond donors (Lipinski definition) is 4. The number of nitrogens with two attached hydrogens (primary N) is 1. The molecule has 0 unspecified atom stereocenters. The highest BCUT2D eigenvalue weighted by atomic mass is 32.2. The van der Waals surface area contributed by atoms with E-state index in [1.807, 2.05) is 0 Å². The maximum absolute atomic E-state index is 14.7. The molecule has 4 rings (SSSR count). The molecule has 12 heteroatoms.